The summed E-state index contributed by atoms with van der Waals surface area (Å²) in [6.07, 6.45) is 3.41. The first-order valence-corrected chi connectivity index (χ1v) is 6.91. The number of carbonyl (C=O) groups excluding carboxylic acids is 1. The largest absolute Gasteiger partial charge is 0.384 e. The molecule has 1 unspecified atom stereocenters. The molecule has 0 aliphatic carbocycles. The van der Waals surface area contributed by atoms with Gasteiger partial charge in [0.15, 0.2) is 0 Å². The highest BCUT2D eigenvalue weighted by Crippen LogP contribution is 2.19. The number of pyridine rings is 1. The molecular formula is C11H16ClN3OS. The molecule has 0 aromatic carbocycles. The number of halogens is 1. The van der Waals surface area contributed by atoms with Crippen molar-refractivity contribution >= 4 is 35.1 Å². The van der Waals surface area contributed by atoms with Crippen molar-refractivity contribution in [1.29, 1.82) is 0 Å². The number of amides is 1. The number of rotatable bonds is 4. The molecule has 1 heterocycles. The zero-order chi connectivity index (χ0) is 13.0. The minimum absolute atomic E-state index is 0.134. The zero-order valence-electron chi connectivity index (χ0n) is 10.1. The Balaban J connectivity index is 2.92. The third kappa shape index (κ3) is 3.51. The highest BCUT2D eigenvalue weighted by Gasteiger charge is 2.19. The lowest BCUT2D eigenvalue weighted by Gasteiger charge is -2.24. The lowest BCUT2D eigenvalue weighted by atomic mass is 10.2. The molecule has 1 aromatic rings. The molecule has 0 radical (unpaired) electrons. The van der Waals surface area contributed by atoms with Gasteiger partial charge >= 0.3 is 0 Å². The molecule has 1 atom stereocenters. The Morgan fingerprint density at radius 1 is 1.71 bits per heavy atom. The molecule has 0 aliphatic rings. The molecule has 4 nitrogen and oxygen atoms in total. The van der Waals surface area contributed by atoms with E-state index in [-0.39, 0.29) is 11.9 Å². The quantitative estimate of drug-likeness (QED) is 0.913. The fourth-order valence-electron chi connectivity index (χ4n) is 1.36. The Morgan fingerprint density at radius 2 is 2.35 bits per heavy atom. The van der Waals surface area contributed by atoms with Crippen LogP contribution in [0.25, 0.3) is 0 Å². The molecule has 0 aliphatic heterocycles. The standard InChI is InChI=1S/C11H16ClN3OS/c1-7(6-17-3)15(2)11(16)8-4-10(13)14-5-9(8)12/h4-5,7H,6H2,1-3H3,(H2,13,14). The van der Waals surface area contributed by atoms with Crippen LogP contribution in [-0.2, 0) is 0 Å². The van der Waals surface area contributed by atoms with Crippen molar-refractivity contribution in [3.8, 4) is 0 Å². The Hall–Kier alpha value is -0.940. The van der Waals surface area contributed by atoms with Gasteiger partial charge in [-0.05, 0) is 19.2 Å². The SMILES string of the molecule is CSCC(C)N(C)C(=O)c1cc(N)ncc1Cl. The van der Waals surface area contributed by atoms with Crippen LogP contribution in [0.5, 0.6) is 0 Å². The normalized spacial score (nSPS) is 12.2. The number of nitrogen functional groups attached to an aromatic ring is 1. The molecule has 17 heavy (non-hydrogen) atoms. The molecule has 94 valence electrons. The third-order valence-corrected chi connectivity index (χ3v) is 3.61. The maximum Gasteiger partial charge on any atom is 0.255 e. The second-order valence-electron chi connectivity index (χ2n) is 3.81. The van der Waals surface area contributed by atoms with Crippen molar-refractivity contribution in [1.82, 2.24) is 9.88 Å². The van der Waals surface area contributed by atoms with Crippen LogP contribution in [-0.4, -0.2) is 40.9 Å². The summed E-state index contributed by atoms with van der Waals surface area (Å²) in [5, 5.41) is 0.326. The van der Waals surface area contributed by atoms with E-state index >= 15 is 0 Å². The molecular weight excluding hydrogens is 258 g/mol. The van der Waals surface area contributed by atoms with Gasteiger partial charge in [0.25, 0.3) is 5.91 Å². The van der Waals surface area contributed by atoms with Gasteiger partial charge in [0.2, 0.25) is 0 Å². The number of aromatic nitrogens is 1. The summed E-state index contributed by atoms with van der Waals surface area (Å²) in [6.45, 7) is 1.99. The van der Waals surface area contributed by atoms with E-state index in [9.17, 15) is 4.79 Å². The number of nitrogens with zero attached hydrogens (tertiary/aromatic N) is 2. The smallest absolute Gasteiger partial charge is 0.255 e. The van der Waals surface area contributed by atoms with E-state index in [1.807, 2.05) is 13.2 Å². The molecule has 0 fully saturated rings. The second-order valence-corrected chi connectivity index (χ2v) is 5.13. The van der Waals surface area contributed by atoms with Crippen LogP contribution in [0.15, 0.2) is 12.3 Å². The first kappa shape index (κ1) is 14.1. The predicted molar refractivity (Wildman–Crippen MR) is 73.6 cm³/mol. The van der Waals surface area contributed by atoms with E-state index in [4.69, 9.17) is 17.3 Å². The zero-order valence-corrected chi connectivity index (χ0v) is 11.7. The number of nitrogens with two attached hydrogens (primary N) is 1. The molecule has 1 aromatic heterocycles. The number of hydrogen-bond donors (Lipinski definition) is 1. The van der Waals surface area contributed by atoms with Gasteiger partial charge < -0.3 is 10.6 Å². The summed E-state index contributed by atoms with van der Waals surface area (Å²) in [5.74, 6) is 1.04. The monoisotopic (exact) mass is 273 g/mol. The Labute approximate surface area is 111 Å². The van der Waals surface area contributed by atoms with Crippen molar-refractivity contribution in [3.05, 3.63) is 22.8 Å². The van der Waals surface area contributed by atoms with Gasteiger partial charge in [0.1, 0.15) is 5.82 Å². The third-order valence-electron chi connectivity index (χ3n) is 2.50. The van der Waals surface area contributed by atoms with Crippen LogP contribution >= 0.6 is 23.4 Å². The van der Waals surface area contributed by atoms with Crippen molar-refractivity contribution in [2.45, 2.75) is 13.0 Å². The van der Waals surface area contributed by atoms with E-state index in [2.05, 4.69) is 4.98 Å². The average Bonchev–Trinajstić information content (AvgIpc) is 2.30. The lowest BCUT2D eigenvalue weighted by Crippen LogP contribution is -2.36. The second kappa shape index (κ2) is 6.12. The first-order chi connectivity index (χ1) is 7.97. The molecule has 0 saturated heterocycles. The van der Waals surface area contributed by atoms with Gasteiger partial charge in [-0.2, -0.15) is 11.8 Å². The van der Waals surface area contributed by atoms with Crippen LogP contribution in [0.2, 0.25) is 5.02 Å². The topological polar surface area (TPSA) is 59.2 Å². The Bertz CT molecular complexity index is 414. The van der Waals surface area contributed by atoms with E-state index in [1.165, 1.54) is 12.3 Å². The maximum atomic E-state index is 12.2. The van der Waals surface area contributed by atoms with Gasteiger partial charge in [-0.3, -0.25) is 4.79 Å². The fourth-order valence-corrected chi connectivity index (χ4v) is 2.25. The summed E-state index contributed by atoms with van der Waals surface area (Å²) >= 11 is 7.64. The van der Waals surface area contributed by atoms with Gasteiger partial charge in [-0.1, -0.05) is 11.6 Å². The minimum Gasteiger partial charge on any atom is -0.384 e. The van der Waals surface area contributed by atoms with Crippen LogP contribution < -0.4 is 5.73 Å². The van der Waals surface area contributed by atoms with E-state index in [1.54, 1.807) is 23.7 Å². The summed E-state index contributed by atoms with van der Waals surface area (Å²) in [5.41, 5.74) is 5.95. The molecule has 0 spiro atoms. The van der Waals surface area contributed by atoms with Crippen molar-refractivity contribution in [3.63, 3.8) is 0 Å². The molecule has 0 saturated carbocycles. The summed E-state index contributed by atoms with van der Waals surface area (Å²) in [4.78, 5) is 17.7. The number of thioether (sulfide) groups is 1. The number of anilines is 1. The van der Waals surface area contributed by atoms with Gasteiger partial charge in [-0.15, -0.1) is 0 Å². The van der Waals surface area contributed by atoms with E-state index < -0.39 is 0 Å². The molecule has 1 rings (SSSR count). The van der Waals surface area contributed by atoms with Gasteiger partial charge in [0.05, 0.1) is 10.6 Å². The average molecular weight is 274 g/mol. The molecule has 1 amide bonds. The number of hydrogen-bond acceptors (Lipinski definition) is 4. The lowest BCUT2D eigenvalue weighted by molar-refractivity contribution is 0.0757. The summed E-state index contributed by atoms with van der Waals surface area (Å²) in [6, 6.07) is 1.65. The van der Waals surface area contributed by atoms with Crippen LogP contribution in [0.3, 0.4) is 0 Å². The molecule has 2 N–H and O–H groups in total. The highest BCUT2D eigenvalue weighted by molar-refractivity contribution is 7.98. The van der Waals surface area contributed by atoms with E-state index in [0.717, 1.165) is 5.75 Å². The van der Waals surface area contributed by atoms with Crippen molar-refractivity contribution < 1.29 is 4.79 Å². The van der Waals surface area contributed by atoms with Crippen molar-refractivity contribution in [2.24, 2.45) is 0 Å². The Kier molecular flexibility index (Phi) is 5.08. The summed E-state index contributed by atoms with van der Waals surface area (Å²) < 4.78 is 0. The Morgan fingerprint density at radius 3 is 2.94 bits per heavy atom. The molecule has 6 heteroatoms. The number of carbonyl (C=O) groups is 1. The van der Waals surface area contributed by atoms with Crippen LogP contribution in [0.1, 0.15) is 17.3 Å². The highest BCUT2D eigenvalue weighted by atomic mass is 35.5. The van der Waals surface area contributed by atoms with Gasteiger partial charge in [-0.25, -0.2) is 4.98 Å². The molecule has 0 bridgehead atoms. The van der Waals surface area contributed by atoms with Crippen LogP contribution in [0, 0.1) is 0 Å². The predicted octanol–water partition coefficient (Wildman–Crippen LogP) is 2.14. The van der Waals surface area contributed by atoms with E-state index in [0.29, 0.717) is 16.4 Å². The van der Waals surface area contributed by atoms with Gasteiger partial charge in [0, 0.05) is 25.0 Å². The maximum absolute atomic E-state index is 12.2. The van der Waals surface area contributed by atoms with Crippen LogP contribution in [0.4, 0.5) is 5.82 Å². The minimum atomic E-state index is -0.134. The van der Waals surface area contributed by atoms with Crippen molar-refractivity contribution in [2.75, 3.05) is 24.8 Å². The fraction of sp³-hybridized carbons (Fsp3) is 0.455. The first-order valence-electron chi connectivity index (χ1n) is 5.14. The summed E-state index contributed by atoms with van der Waals surface area (Å²) in [7, 11) is 1.76.